The van der Waals surface area contributed by atoms with Crippen LogP contribution in [0.25, 0.3) is 0 Å². The van der Waals surface area contributed by atoms with Crippen LogP contribution in [0.4, 0.5) is 0 Å². The molecule has 6 unspecified atom stereocenters. The molecule has 442 valence electrons. The summed E-state index contributed by atoms with van der Waals surface area (Å²) in [5, 5.41) is 30.9. The van der Waals surface area contributed by atoms with Gasteiger partial charge in [-0.1, -0.05) is 241 Å². The molecule has 0 aromatic heterocycles. The summed E-state index contributed by atoms with van der Waals surface area (Å²) in [5.74, 6) is -0.401. The topological polar surface area (TPSA) is 178 Å². The first-order valence-corrected chi connectivity index (χ1v) is 32.1. The molecule has 0 aromatic rings. The minimum Gasteiger partial charge on any atom is -0.457 e. The molecule has 0 radical (unpaired) electrons. The summed E-state index contributed by atoms with van der Waals surface area (Å²) in [6, 6.07) is 0. The average Bonchev–Trinajstić information content (AvgIpc) is 3.40. The molecule has 1 fully saturated rings. The van der Waals surface area contributed by atoms with Gasteiger partial charge in [0.2, 0.25) is 0 Å². The Labute approximate surface area is 464 Å². The number of esters is 1. The lowest BCUT2D eigenvalue weighted by molar-refractivity contribution is -0.301. The number of carbonyl (C=O) groups excluding carboxylic acids is 1. The molecule has 0 amide bonds. The Morgan fingerprint density at radius 2 is 0.908 bits per heavy atom. The largest absolute Gasteiger partial charge is 0.457 e. The van der Waals surface area contributed by atoms with Gasteiger partial charge in [0, 0.05) is 13.0 Å². The van der Waals surface area contributed by atoms with Gasteiger partial charge in [0.1, 0.15) is 30.5 Å². The maximum absolute atomic E-state index is 13.0. The molecule has 0 saturated carbocycles. The summed E-state index contributed by atoms with van der Waals surface area (Å²) in [5.41, 5.74) is 0. The molecule has 12 nitrogen and oxygen atoms in total. The predicted molar refractivity (Wildman–Crippen MR) is 312 cm³/mol. The fourth-order valence-electron chi connectivity index (χ4n) is 9.23. The number of carbonyl (C=O) groups is 1. The lowest BCUT2D eigenvalue weighted by Gasteiger charge is -2.41. The second-order valence-corrected chi connectivity index (χ2v) is 22.0. The summed E-state index contributed by atoms with van der Waals surface area (Å²) in [4.78, 5) is 13.0. The zero-order chi connectivity index (χ0) is 55.3. The molecule has 4 N–H and O–H groups in total. The Balaban J connectivity index is 2.28. The van der Waals surface area contributed by atoms with Crippen molar-refractivity contribution in [3.63, 3.8) is 0 Å². The molecule has 1 heterocycles. The van der Waals surface area contributed by atoms with E-state index in [-0.39, 0.29) is 19.6 Å². The smallest absolute Gasteiger partial charge is 0.397 e. The van der Waals surface area contributed by atoms with Crippen LogP contribution in [0, 0.1) is 0 Å². The quantitative estimate of drug-likeness (QED) is 0.0196. The SMILES string of the molecule is CC/C=C\C/C=C\C/C=C\C/C=C\C/C=C\CCCCCCCCCCOCC(COC1OC(CO)C(O)C(OS(=O)(=O)O)C1O)OC(=O)CCCCCCCCCCCCCCC/C=C\CCCCCCCCCC. The maximum atomic E-state index is 13.0. The van der Waals surface area contributed by atoms with Gasteiger partial charge in [-0.05, 0) is 83.5 Å². The van der Waals surface area contributed by atoms with Crippen molar-refractivity contribution >= 4 is 16.4 Å². The molecule has 6 atom stereocenters. The minimum absolute atomic E-state index is 0.0283. The van der Waals surface area contributed by atoms with Crippen molar-refractivity contribution in [2.45, 2.75) is 295 Å². The fraction of sp³-hybridized carbons (Fsp3) is 0.794. The zero-order valence-corrected chi connectivity index (χ0v) is 48.9. The van der Waals surface area contributed by atoms with Crippen molar-refractivity contribution in [1.29, 1.82) is 0 Å². The van der Waals surface area contributed by atoms with Crippen molar-refractivity contribution in [3.8, 4) is 0 Å². The number of allylic oxidation sites excluding steroid dienone is 12. The molecule has 1 aliphatic rings. The van der Waals surface area contributed by atoms with Gasteiger partial charge < -0.3 is 34.3 Å². The summed E-state index contributed by atoms with van der Waals surface area (Å²) >= 11 is 0. The first-order valence-electron chi connectivity index (χ1n) is 30.7. The van der Waals surface area contributed by atoms with Gasteiger partial charge in [-0.3, -0.25) is 9.35 Å². The number of hydrogen-bond donors (Lipinski definition) is 4. The second kappa shape index (κ2) is 53.2. The van der Waals surface area contributed by atoms with Gasteiger partial charge in [-0.2, -0.15) is 8.42 Å². The van der Waals surface area contributed by atoms with Crippen LogP contribution in [-0.2, 0) is 38.3 Å². The van der Waals surface area contributed by atoms with Gasteiger partial charge in [0.05, 0.1) is 19.8 Å². The molecular weight excluding hydrogens is 981 g/mol. The Kier molecular flexibility index (Phi) is 50.1. The molecule has 0 bridgehead atoms. The minimum atomic E-state index is -5.07. The Hall–Kier alpha value is -2.46. The van der Waals surface area contributed by atoms with Crippen LogP contribution < -0.4 is 0 Å². The highest BCUT2D eigenvalue weighted by molar-refractivity contribution is 7.80. The Morgan fingerprint density at radius 3 is 1.34 bits per heavy atom. The molecule has 0 aliphatic carbocycles. The van der Waals surface area contributed by atoms with E-state index in [0.29, 0.717) is 13.0 Å². The Bertz CT molecular complexity index is 1590. The lowest BCUT2D eigenvalue weighted by atomic mass is 9.99. The standard InChI is InChI=1S/C63H112O12S/c1-3-5-7-9-11-13-15-17-19-21-23-25-27-29-30-32-34-36-38-40-42-44-46-48-50-52-59(65)73-57(56-72-63-61(67)62(75-76(68,69)70)60(66)58(54-64)74-63)55-71-53-51-49-47-45-43-41-39-37-35-33-31-28-26-24-22-20-18-16-14-12-10-8-6-4-2/h6,8,12,14,18,20-21,23-24,26,31,33,57-58,60-64,66-67H,3-5,7,9-11,13,15-17,19,22,25,27-30,32,34-56H2,1-2H3,(H,68,69,70)/b8-6-,14-12-,20-18-,23-21-,26-24-,33-31-. The van der Waals surface area contributed by atoms with Crippen LogP contribution in [0.5, 0.6) is 0 Å². The van der Waals surface area contributed by atoms with Crippen molar-refractivity contribution in [2.24, 2.45) is 0 Å². The predicted octanol–water partition coefficient (Wildman–Crippen LogP) is 15.8. The van der Waals surface area contributed by atoms with Crippen molar-refractivity contribution in [1.82, 2.24) is 0 Å². The highest BCUT2D eigenvalue weighted by Gasteiger charge is 2.48. The van der Waals surface area contributed by atoms with Crippen molar-refractivity contribution < 1.29 is 56.2 Å². The van der Waals surface area contributed by atoms with Crippen LogP contribution in [0.2, 0.25) is 0 Å². The van der Waals surface area contributed by atoms with Gasteiger partial charge >= 0.3 is 16.4 Å². The molecule has 1 saturated heterocycles. The monoisotopic (exact) mass is 1090 g/mol. The lowest BCUT2D eigenvalue weighted by Crippen LogP contribution is -2.60. The summed E-state index contributed by atoms with van der Waals surface area (Å²) in [6.07, 6.45) is 62.3. The number of aliphatic hydroxyl groups excluding tert-OH is 3. The number of hydrogen-bond acceptors (Lipinski definition) is 11. The van der Waals surface area contributed by atoms with Crippen LogP contribution >= 0.6 is 0 Å². The Morgan fingerprint density at radius 1 is 0.513 bits per heavy atom. The van der Waals surface area contributed by atoms with Gasteiger partial charge in [-0.25, -0.2) is 4.18 Å². The second-order valence-electron chi connectivity index (χ2n) is 20.9. The van der Waals surface area contributed by atoms with Crippen LogP contribution in [0.3, 0.4) is 0 Å². The van der Waals surface area contributed by atoms with E-state index >= 15 is 0 Å². The van der Waals surface area contributed by atoms with Crippen LogP contribution in [-0.4, -0.2) is 97.5 Å². The van der Waals surface area contributed by atoms with E-state index in [1.807, 2.05) is 0 Å². The molecule has 76 heavy (non-hydrogen) atoms. The molecule has 0 aromatic carbocycles. The van der Waals surface area contributed by atoms with E-state index in [2.05, 4.69) is 90.9 Å². The van der Waals surface area contributed by atoms with E-state index in [1.54, 1.807) is 0 Å². The summed E-state index contributed by atoms with van der Waals surface area (Å²) in [6.45, 7) is 3.89. The molecular formula is C63H112O12S. The number of rotatable bonds is 54. The third kappa shape index (κ3) is 45.4. The normalized spacial score (nSPS) is 19.1. The summed E-state index contributed by atoms with van der Waals surface area (Å²) < 4.78 is 59.5. The highest BCUT2D eigenvalue weighted by atomic mass is 32.3. The molecule has 0 spiro atoms. The highest BCUT2D eigenvalue weighted by Crippen LogP contribution is 2.26. The third-order valence-corrected chi connectivity index (χ3v) is 14.3. The van der Waals surface area contributed by atoms with Crippen LogP contribution in [0.1, 0.15) is 258 Å². The molecule has 13 heteroatoms. The van der Waals surface area contributed by atoms with E-state index in [1.165, 1.54) is 154 Å². The van der Waals surface area contributed by atoms with E-state index in [0.717, 1.165) is 77.0 Å². The number of unbranched alkanes of at least 4 members (excludes halogenated alkanes) is 29. The van der Waals surface area contributed by atoms with Gasteiger partial charge in [0.15, 0.2) is 6.29 Å². The fourth-order valence-corrected chi connectivity index (χ4v) is 9.73. The van der Waals surface area contributed by atoms with E-state index < -0.39 is 59.8 Å². The van der Waals surface area contributed by atoms with E-state index in [9.17, 15) is 33.1 Å². The number of ether oxygens (including phenoxy) is 4. The van der Waals surface area contributed by atoms with Crippen LogP contribution in [0.15, 0.2) is 72.9 Å². The summed E-state index contributed by atoms with van der Waals surface area (Å²) in [7, 11) is -5.07. The molecule has 1 rings (SSSR count). The first kappa shape index (κ1) is 71.6. The van der Waals surface area contributed by atoms with Gasteiger partial charge in [-0.15, -0.1) is 0 Å². The maximum Gasteiger partial charge on any atom is 0.397 e. The van der Waals surface area contributed by atoms with Crippen molar-refractivity contribution in [3.05, 3.63) is 72.9 Å². The zero-order valence-electron chi connectivity index (χ0n) is 48.1. The first-order chi connectivity index (χ1) is 37.1. The van der Waals surface area contributed by atoms with Gasteiger partial charge in [0.25, 0.3) is 0 Å². The average molecular weight is 1090 g/mol. The number of aliphatic hydroxyl groups is 3. The molecule has 1 aliphatic heterocycles. The third-order valence-electron chi connectivity index (χ3n) is 13.8. The van der Waals surface area contributed by atoms with E-state index in [4.69, 9.17) is 18.9 Å². The van der Waals surface area contributed by atoms with Crippen molar-refractivity contribution in [2.75, 3.05) is 26.4 Å².